The van der Waals surface area contributed by atoms with Gasteiger partial charge in [0.25, 0.3) is 0 Å². The largest absolute Gasteiger partial charge is 0.459 e. The lowest BCUT2D eigenvalue weighted by Gasteiger charge is -2.09. The average Bonchev–Trinajstić information content (AvgIpc) is 3.03. The van der Waals surface area contributed by atoms with Gasteiger partial charge in [-0.15, -0.1) is 11.3 Å². The summed E-state index contributed by atoms with van der Waals surface area (Å²) < 4.78 is 5.72. The summed E-state index contributed by atoms with van der Waals surface area (Å²) in [5, 5.41) is 6.52. The molecule has 2 aromatic rings. The van der Waals surface area contributed by atoms with Crippen molar-refractivity contribution >= 4 is 11.3 Å². The molecule has 2 aromatic heterocycles. The van der Waals surface area contributed by atoms with Crippen LogP contribution in [0.2, 0.25) is 0 Å². The standard InChI is InChI=1S/C14H20N2OS/c1-4-8-15-10(3)12-9-18-14(16-12)13-7-6-11(5-2)17-13/h6-7,9-10,15H,4-5,8H2,1-3H3. The minimum Gasteiger partial charge on any atom is -0.459 e. The summed E-state index contributed by atoms with van der Waals surface area (Å²) in [6, 6.07) is 4.33. The van der Waals surface area contributed by atoms with Crippen molar-refractivity contribution in [3.05, 3.63) is 29.0 Å². The highest BCUT2D eigenvalue weighted by molar-refractivity contribution is 7.13. The molecule has 2 rings (SSSR count). The monoisotopic (exact) mass is 264 g/mol. The van der Waals surface area contributed by atoms with E-state index in [1.807, 2.05) is 12.1 Å². The molecular weight excluding hydrogens is 244 g/mol. The Bertz CT molecular complexity index is 489. The van der Waals surface area contributed by atoms with Crippen LogP contribution in [0.5, 0.6) is 0 Å². The first-order valence-electron chi connectivity index (χ1n) is 6.52. The lowest BCUT2D eigenvalue weighted by molar-refractivity contribution is 0.527. The third-order valence-electron chi connectivity index (χ3n) is 2.89. The molecule has 0 saturated heterocycles. The summed E-state index contributed by atoms with van der Waals surface area (Å²) >= 11 is 1.64. The number of aromatic nitrogens is 1. The predicted octanol–water partition coefficient (Wildman–Crippen LogP) is 4.03. The number of thiazole rings is 1. The Morgan fingerprint density at radius 2 is 2.22 bits per heavy atom. The van der Waals surface area contributed by atoms with Crippen LogP contribution in [0.1, 0.15) is 44.7 Å². The highest BCUT2D eigenvalue weighted by Crippen LogP contribution is 2.27. The fourth-order valence-corrected chi connectivity index (χ4v) is 2.62. The highest BCUT2D eigenvalue weighted by atomic mass is 32.1. The molecule has 0 bridgehead atoms. The normalized spacial score (nSPS) is 12.8. The zero-order valence-corrected chi connectivity index (χ0v) is 12.0. The molecule has 0 radical (unpaired) electrons. The smallest absolute Gasteiger partial charge is 0.162 e. The number of furan rings is 1. The lowest BCUT2D eigenvalue weighted by atomic mass is 10.2. The molecule has 1 unspecified atom stereocenters. The second-order valence-corrected chi connectivity index (χ2v) is 5.23. The van der Waals surface area contributed by atoms with E-state index in [0.29, 0.717) is 6.04 Å². The van der Waals surface area contributed by atoms with Crippen LogP contribution in [0.25, 0.3) is 10.8 Å². The van der Waals surface area contributed by atoms with Gasteiger partial charge < -0.3 is 9.73 Å². The molecule has 0 aliphatic rings. The van der Waals surface area contributed by atoms with E-state index in [1.54, 1.807) is 11.3 Å². The summed E-state index contributed by atoms with van der Waals surface area (Å²) in [5.74, 6) is 1.89. The minimum atomic E-state index is 0.301. The Morgan fingerprint density at radius 1 is 1.39 bits per heavy atom. The van der Waals surface area contributed by atoms with Crippen molar-refractivity contribution in [1.82, 2.24) is 10.3 Å². The van der Waals surface area contributed by atoms with Crippen molar-refractivity contribution in [1.29, 1.82) is 0 Å². The summed E-state index contributed by atoms with van der Waals surface area (Å²) in [5.41, 5.74) is 1.10. The molecule has 98 valence electrons. The highest BCUT2D eigenvalue weighted by Gasteiger charge is 2.12. The maximum atomic E-state index is 5.72. The van der Waals surface area contributed by atoms with Gasteiger partial charge in [0.1, 0.15) is 5.76 Å². The molecule has 0 fully saturated rings. The molecule has 0 saturated carbocycles. The number of hydrogen-bond donors (Lipinski definition) is 1. The van der Waals surface area contributed by atoms with Gasteiger partial charge >= 0.3 is 0 Å². The van der Waals surface area contributed by atoms with Gasteiger partial charge in [-0.2, -0.15) is 0 Å². The predicted molar refractivity (Wildman–Crippen MR) is 75.9 cm³/mol. The molecule has 0 spiro atoms. The van der Waals surface area contributed by atoms with Crippen molar-refractivity contribution in [3.63, 3.8) is 0 Å². The van der Waals surface area contributed by atoms with Crippen LogP contribution in [-0.4, -0.2) is 11.5 Å². The van der Waals surface area contributed by atoms with Crippen LogP contribution in [0, 0.1) is 0 Å². The molecule has 0 aliphatic carbocycles. The van der Waals surface area contributed by atoms with Gasteiger partial charge in [-0.05, 0) is 32.0 Å². The minimum absolute atomic E-state index is 0.301. The summed E-state index contributed by atoms with van der Waals surface area (Å²) in [6.07, 6.45) is 2.06. The maximum Gasteiger partial charge on any atom is 0.162 e. The van der Waals surface area contributed by atoms with E-state index >= 15 is 0 Å². The first-order chi connectivity index (χ1) is 8.74. The molecule has 0 aliphatic heterocycles. The van der Waals surface area contributed by atoms with Gasteiger partial charge in [0, 0.05) is 17.8 Å². The molecule has 0 aromatic carbocycles. The van der Waals surface area contributed by atoms with E-state index in [-0.39, 0.29) is 0 Å². The van der Waals surface area contributed by atoms with E-state index in [1.165, 1.54) is 0 Å². The fourth-order valence-electron chi connectivity index (χ4n) is 1.75. The Morgan fingerprint density at radius 3 is 2.89 bits per heavy atom. The number of aryl methyl sites for hydroxylation is 1. The summed E-state index contributed by atoms with van der Waals surface area (Å²) in [6.45, 7) is 7.43. The molecule has 0 amide bonds. The zero-order valence-electron chi connectivity index (χ0n) is 11.2. The molecule has 4 heteroatoms. The van der Waals surface area contributed by atoms with E-state index in [0.717, 1.165) is 41.6 Å². The molecule has 1 atom stereocenters. The van der Waals surface area contributed by atoms with Crippen LogP contribution < -0.4 is 5.32 Å². The molecule has 3 nitrogen and oxygen atoms in total. The fraction of sp³-hybridized carbons (Fsp3) is 0.500. The Kier molecular flexibility index (Phi) is 4.55. The number of hydrogen-bond acceptors (Lipinski definition) is 4. The molecule has 1 N–H and O–H groups in total. The van der Waals surface area contributed by atoms with E-state index in [4.69, 9.17) is 4.42 Å². The Labute approximate surface area is 112 Å². The third kappa shape index (κ3) is 3.00. The van der Waals surface area contributed by atoms with Crippen molar-refractivity contribution in [2.75, 3.05) is 6.54 Å². The second kappa shape index (κ2) is 6.16. The first kappa shape index (κ1) is 13.3. The molecule has 18 heavy (non-hydrogen) atoms. The third-order valence-corrected chi connectivity index (χ3v) is 3.76. The molecule has 2 heterocycles. The maximum absolute atomic E-state index is 5.72. The van der Waals surface area contributed by atoms with Crippen molar-refractivity contribution in [3.8, 4) is 10.8 Å². The first-order valence-corrected chi connectivity index (χ1v) is 7.40. The Hall–Kier alpha value is -1.13. The number of rotatable bonds is 6. The Balaban J connectivity index is 2.09. The second-order valence-electron chi connectivity index (χ2n) is 4.37. The van der Waals surface area contributed by atoms with Crippen LogP contribution >= 0.6 is 11.3 Å². The quantitative estimate of drug-likeness (QED) is 0.856. The summed E-state index contributed by atoms with van der Waals surface area (Å²) in [7, 11) is 0. The van der Waals surface area contributed by atoms with Crippen LogP contribution in [0.15, 0.2) is 21.9 Å². The molecular formula is C14H20N2OS. The zero-order chi connectivity index (χ0) is 13.0. The van der Waals surface area contributed by atoms with Gasteiger partial charge in [0.05, 0.1) is 5.69 Å². The SMILES string of the molecule is CCCNC(C)c1csc(-c2ccc(CC)o2)n1. The number of nitrogens with one attached hydrogen (secondary N) is 1. The van der Waals surface area contributed by atoms with Crippen LogP contribution in [-0.2, 0) is 6.42 Å². The van der Waals surface area contributed by atoms with Gasteiger partial charge in [0.15, 0.2) is 10.8 Å². The van der Waals surface area contributed by atoms with E-state index in [9.17, 15) is 0 Å². The van der Waals surface area contributed by atoms with Crippen molar-refractivity contribution in [2.24, 2.45) is 0 Å². The van der Waals surface area contributed by atoms with Gasteiger partial charge in [-0.1, -0.05) is 13.8 Å². The van der Waals surface area contributed by atoms with Crippen molar-refractivity contribution in [2.45, 2.75) is 39.7 Å². The van der Waals surface area contributed by atoms with Gasteiger partial charge in [-0.3, -0.25) is 0 Å². The van der Waals surface area contributed by atoms with E-state index < -0.39 is 0 Å². The van der Waals surface area contributed by atoms with Gasteiger partial charge in [0.2, 0.25) is 0 Å². The average molecular weight is 264 g/mol. The number of nitrogens with zero attached hydrogens (tertiary/aromatic N) is 1. The van der Waals surface area contributed by atoms with E-state index in [2.05, 4.69) is 36.5 Å². The topological polar surface area (TPSA) is 38.1 Å². The van der Waals surface area contributed by atoms with Crippen molar-refractivity contribution < 1.29 is 4.42 Å². The van der Waals surface area contributed by atoms with Crippen LogP contribution in [0.4, 0.5) is 0 Å². The van der Waals surface area contributed by atoms with Crippen LogP contribution in [0.3, 0.4) is 0 Å². The summed E-state index contributed by atoms with van der Waals surface area (Å²) in [4.78, 5) is 4.64. The lowest BCUT2D eigenvalue weighted by Crippen LogP contribution is -2.19. The van der Waals surface area contributed by atoms with Gasteiger partial charge in [-0.25, -0.2) is 4.98 Å².